The summed E-state index contributed by atoms with van der Waals surface area (Å²) in [6.45, 7) is 6.63. The Morgan fingerprint density at radius 1 is 1.25 bits per heavy atom. The molecule has 2 saturated heterocycles. The van der Waals surface area contributed by atoms with Gasteiger partial charge < -0.3 is 19.3 Å². The maximum absolute atomic E-state index is 9.23. The standard InChI is InChI=1S/C12H22O4/c1-8-4-5-9(15-10(8)6-13)11-7-14-12(2,3)16-11/h8-11,13H,4-7H2,1-3H3/t8-,9-,10-,11?/m1/s1. The van der Waals surface area contributed by atoms with E-state index in [-0.39, 0.29) is 24.9 Å². The van der Waals surface area contributed by atoms with E-state index in [1.165, 1.54) is 0 Å². The largest absolute Gasteiger partial charge is 0.394 e. The lowest BCUT2D eigenvalue weighted by atomic mass is 9.92. The highest BCUT2D eigenvalue weighted by Crippen LogP contribution is 2.32. The van der Waals surface area contributed by atoms with E-state index < -0.39 is 5.79 Å². The van der Waals surface area contributed by atoms with E-state index >= 15 is 0 Å². The van der Waals surface area contributed by atoms with Crippen LogP contribution in [-0.2, 0) is 14.2 Å². The van der Waals surface area contributed by atoms with Crippen LogP contribution in [-0.4, -0.2) is 42.4 Å². The monoisotopic (exact) mass is 230 g/mol. The molecule has 4 heteroatoms. The topological polar surface area (TPSA) is 47.9 Å². The Labute approximate surface area is 96.9 Å². The molecular formula is C12H22O4. The van der Waals surface area contributed by atoms with Crippen molar-refractivity contribution in [3.63, 3.8) is 0 Å². The molecule has 0 bridgehead atoms. The highest BCUT2D eigenvalue weighted by molar-refractivity contribution is 4.84. The van der Waals surface area contributed by atoms with Gasteiger partial charge in [-0.3, -0.25) is 0 Å². The zero-order chi connectivity index (χ0) is 11.8. The Balaban J connectivity index is 1.91. The van der Waals surface area contributed by atoms with Gasteiger partial charge in [0.25, 0.3) is 0 Å². The molecule has 16 heavy (non-hydrogen) atoms. The molecule has 2 fully saturated rings. The van der Waals surface area contributed by atoms with Gasteiger partial charge in [0.05, 0.1) is 25.4 Å². The van der Waals surface area contributed by atoms with Crippen LogP contribution in [0.15, 0.2) is 0 Å². The molecule has 4 nitrogen and oxygen atoms in total. The predicted octanol–water partition coefficient (Wildman–Crippen LogP) is 1.31. The smallest absolute Gasteiger partial charge is 0.163 e. The second-order valence-electron chi connectivity index (χ2n) is 5.32. The van der Waals surface area contributed by atoms with E-state index in [0.717, 1.165) is 12.8 Å². The summed E-state index contributed by atoms with van der Waals surface area (Å²) in [5, 5.41) is 9.23. The molecule has 1 unspecified atom stereocenters. The SMILES string of the molecule is C[C@@H]1CC[C@H](C2COC(C)(C)O2)O[C@@H]1CO. The maximum Gasteiger partial charge on any atom is 0.163 e. The molecular weight excluding hydrogens is 208 g/mol. The van der Waals surface area contributed by atoms with Gasteiger partial charge in [-0.25, -0.2) is 0 Å². The van der Waals surface area contributed by atoms with Crippen molar-refractivity contribution in [2.45, 2.75) is 57.7 Å². The lowest BCUT2D eigenvalue weighted by molar-refractivity contribution is -0.180. The van der Waals surface area contributed by atoms with E-state index in [2.05, 4.69) is 6.92 Å². The van der Waals surface area contributed by atoms with Gasteiger partial charge in [-0.1, -0.05) is 6.92 Å². The van der Waals surface area contributed by atoms with E-state index in [0.29, 0.717) is 12.5 Å². The number of ether oxygens (including phenoxy) is 3. The molecule has 2 rings (SSSR count). The maximum atomic E-state index is 9.23. The molecule has 2 aliphatic heterocycles. The van der Waals surface area contributed by atoms with Crippen molar-refractivity contribution < 1.29 is 19.3 Å². The molecule has 0 aliphatic carbocycles. The van der Waals surface area contributed by atoms with Crippen LogP contribution in [0.2, 0.25) is 0 Å². The van der Waals surface area contributed by atoms with Gasteiger partial charge >= 0.3 is 0 Å². The van der Waals surface area contributed by atoms with Crippen LogP contribution in [0, 0.1) is 5.92 Å². The van der Waals surface area contributed by atoms with E-state index in [9.17, 15) is 5.11 Å². The molecule has 0 aromatic heterocycles. The van der Waals surface area contributed by atoms with Crippen LogP contribution in [0.5, 0.6) is 0 Å². The van der Waals surface area contributed by atoms with Crippen molar-refractivity contribution in [3.8, 4) is 0 Å². The van der Waals surface area contributed by atoms with Gasteiger partial charge in [0.1, 0.15) is 6.10 Å². The minimum atomic E-state index is -0.494. The summed E-state index contributed by atoms with van der Waals surface area (Å²) >= 11 is 0. The molecule has 0 aromatic carbocycles. The molecule has 1 N–H and O–H groups in total. The van der Waals surface area contributed by atoms with Crippen molar-refractivity contribution in [2.75, 3.05) is 13.2 Å². The van der Waals surface area contributed by atoms with Gasteiger partial charge in [-0.2, -0.15) is 0 Å². The highest BCUT2D eigenvalue weighted by Gasteiger charge is 2.41. The third-order valence-electron chi connectivity index (χ3n) is 3.52. The van der Waals surface area contributed by atoms with Crippen molar-refractivity contribution >= 4 is 0 Å². The van der Waals surface area contributed by atoms with Crippen LogP contribution < -0.4 is 0 Å². The van der Waals surface area contributed by atoms with Gasteiger partial charge in [-0.15, -0.1) is 0 Å². The third kappa shape index (κ3) is 2.56. The highest BCUT2D eigenvalue weighted by atomic mass is 16.7. The fourth-order valence-corrected chi connectivity index (χ4v) is 2.43. The summed E-state index contributed by atoms with van der Waals surface area (Å²) in [5.74, 6) is -0.0669. The summed E-state index contributed by atoms with van der Waals surface area (Å²) in [4.78, 5) is 0. The lowest BCUT2D eigenvalue weighted by Gasteiger charge is -2.36. The summed E-state index contributed by atoms with van der Waals surface area (Å²) in [5.41, 5.74) is 0. The lowest BCUT2D eigenvalue weighted by Crippen LogP contribution is -2.43. The van der Waals surface area contributed by atoms with Gasteiger partial charge in [0, 0.05) is 0 Å². The molecule has 2 heterocycles. The Hall–Kier alpha value is -0.160. The van der Waals surface area contributed by atoms with Crippen molar-refractivity contribution in [3.05, 3.63) is 0 Å². The zero-order valence-corrected chi connectivity index (χ0v) is 10.3. The summed E-state index contributed by atoms with van der Waals surface area (Å²) in [7, 11) is 0. The molecule has 4 atom stereocenters. The molecule has 0 amide bonds. The number of rotatable bonds is 2. The Morgan fingerprint density at radius 3 is 2.56 bits per heavy atom. The van der Waals surface area contributed by atoms with E-state index in [1.54, 1.807) is 0 Å². The summed E-state index contributed by atoms with van der Waals surface area (Å²) in [6.07, 6.45) is 2.09. The molecule has 2 aliphatic rings. The van der Waals surface area contributed by atoms with Gasteiger partial charge in [0.2, 0.25) is 0 Å². The van der Waals surface area contributed by atoms with Crippen molar-refractivity contribution in [2.24, 2.45) is 5.92 Å². The van der Waals surface area contributed by atoms with Crippen molar-refractivity contribution in [1.29, 1.82) is 0 Å². The molecule has 0 radical (unpaired) electrons. The fraction of sp³-hybridized carbons (Fsp3) is 1.00. The average Bonchev–Trinajstić information content (AvgIpc) is 2.59. The van der Waals surface area contributed by atoms with E-state index in [4.69, 9.17) is 14.2 Å². The summed E-state index contributed by atoms with van der Waals surface area (Å²) < 4.78 is 17.2. The Bertz CT molecular complexity index is 241. The second kappa shape index (κ2) is 4.61. The quantitative estimate of drug-likeness (QED) is 0.777. The molecule has 0 saturated carbocycles. The molecule has 94 valence electrons. The predicted molar refractivity (Wildman–Crippen MR) is 59.0 cm³/mol. The van der Waals surface area contributed by atoms with Crippen LogP contribution in [0.3, 0.4) is 0 Å². The third-order valence-corrected chi connectivity index (χ3v) is 3.52. The number of aliphatic hydroxyl groups excluding tert-OH is 1. The first-order chi connectivity index (χ1) is 7.52. The van der Waals surface area contributed by atoms with Crippen LogP contribution in [0.4, 0.5) is 0 Å². The number of hydrogen-bond acceptors (Lipinski definition) is 4. The second-order valence-corrected chi connectivity index (χ2v) is 5.32. The average molecular weight is 230 g/mol. The van der Waals surface area contributed by atoms with Gasteiger partial charge in [-0.05, 0) is 32.6 Å². The number of hydrogen-bond donors (Lipinski definition) is 1. The van der Waals surface area contributed by atoms with Crippen LogP contribution in [0.1, 0.15) is 33.6 Å². The van der Waals surface area contributed by atoms with Gasteiger partial charge in [0.15, 0.2) is 5.79 Å². The fourth-order valence-electron chi connectivity index (χ4n) is 2.43. The first kappa shape index (κ1) is 12.3. The number of aliphatic hydroxyl groups is 1. The van der Waals surface area contributed by atoms with E-state index in [1.807, 2.05) is 13.8 Å². The Kier molecular flexibility index (Phi) is 3.54. The minimum Gasteiger partial charge on any atom is -0.394 e. The normalized spacial score (nSPS) is 43.5. The Morgan fingerprint density at radius 2 is 2.00 bits per heavy atom. The first-order valence-electron chi connectivity index (χ1n) is 6.10. The summed E-state index contributed by atoms with van der Waals surface area (Å²) in [6, 6.07) is 0. The van der Waals surface area contributed by atoms with Crippen LogP contribution in [0.25, 0.3) is 0 Å². The zero-order valence-electron chi connectivity index (χ0n) is 10.3. The molecule has 0 aromatic rings. The van der Waals surface area contributed by atoms with Crippen molar-refractivity contribution in [1.82, 2.24) is 0 Å². The first-order valence-corrected chi connectivity index (χ1v) is 6.10. The minimum absolute atomic E-state index is 0.0107. The molecule has 0 spiro atoms. The van der Waals surface area contributed by atoms with Crippen LogP contribution >= 0.6 is 0 Å².